The Morgan fingerprint density at radius 1 is 1.63 bits per heavy atom. The topological polar surface area (TPSA) is 49.0 Å². The highest BCUT2D eigenvalue weighted by Gasteiger charge is 2.32. The molecule has 0 saturated carbocycles. The van der Waals surface area contributed by atoms with Crippen molar-refractivity contribution in [2.45, 2.75) is 13.3 Å². The normalized spacial score (nSPS) is 19.4. The summed E-state index contributed by atoms with van der Waals surface area (Å²) in [5.74, 6) is 1.98. The summed E-state index contributed by atoms with van der Waals surface area (Å²) in [6.07, 6.45) is 0.574. The van der Waals surface area contributed by atoms with E-state index in [-0.39, 0.29) is 5.91 Å². The number of thiol groups is 1. The summed E-state index contributed by atoms with van der Waals surface area (Å²) in [4.78, 5) is 15.0. The maximum absolute atomic E-state index is 12.0. The van der Waals surface area contributed by atoms with E-state index >= 15 is 0 Å². The number of carbonyl (C=O) groups excluding carboxylic acids is 1. The molecule has 1 saturated heterocycles. The maximum Gasteiger partial charge on any atom is 0.228 e. The van der Waals surface area contributed by atoms with E-state index in [0.29, 0.717) is 12.3 Å². The average molecular weight is 293 g/mol. The second-order valence-corrected chi connectivity index (χ2v) is 6.09. The van der Waals surface area contributed by atoms with Gasteiger partial charge in [-0.05, 0) is 30.0 Å². The molecule has 2 aromatic heterocycles. The number of hydrogen-bond donors (Lipinski definition) is 2. The Balaban J connectivity index is 1.93. The molecule has 1 N–H and O–H groups in total. The molecule has 0 bridgehead atoms. The lowest BCUT2D eigenvalue weighted by atomic mass is 10.1. The molecule has 2 aromatic rings. The van der Waals surface area contributed by atoms with Gasteiger partial charge in [0, 0.05) is 18.5 Å². The Hall–Kier alpha value is -1.27. The first kappa shape index (κ1) is 12.7. The number of nitrogens with zero attached hydrogens (tertiary/aromatic N) is 2. The van der Waals surface area contributed by atoms with Crippen LogP contribution in [0, 0.1) is 12.8 Å². The van der Waals surface area contributed by atoms with E-state index in [1.165, 1.54) is 0 Å². The van der Waals surface area contributed by atoms with E-state index in [0.717, 1.165) is 34.2 Å². The zero-order chi connectivity index (χ0) is 13.4. The molecular formula is C13H15N3OS2. The van der Waals surface area contributed by atoms with E-state index in [1.807, 2.05) is 18.4 Å². The number of rotatable bonds is 3. The number of anilines is 1. The molecule has 1 fully saturated rings. The molecule has 19 heavy (non-hydrogen) atoms. The summed E-state index contributed by atoms with van der Waals surface area (Å²) < 4.78 is 0. The van der Waals surface area contributed by atoms with Crippen molar-refractivity contribution in [3.8, 4) is 10.6 Å². The lowest BCUT2D eigenvalue weighted by Crippen LogP contribution is -2.25. The van der Waals surface area contributed by atoms with Gasteiger partial charge in [-0.3, -0.25) is 14.8 Å². The third kappa shape index (κ3) is 2.19. The van der Waals surface area contributed by atoms with E-state index in [4.69, 9.17) is 0 Å². The third-order valence-electron chi connectivity index (χ3n) is 3.47. The van der Waals surface area contributed by atoms with Crippen LogP contribution in [0.2, 0.25) is 0 Å². The molecule has 3 rings (SSSR count). The SMILES string of the molecule is Cc1c(N2CC(CS)CC2=O)n[nH]c1-c1cccs1. The van der Waals surface area contributed by atoms with Gasteiger partial charge in [-0.25, -0.2) is 0 Å². The fraction of sp³-hybridized carbons (Fsp3) is 0.385. The second-order valence-electron chi connectivity index (χ2n) is 4.78. The van der Waals surface area contributed by atoms with Crippen LogP contribution in [0.25, 0.3) is 10.6 Å². The molecule has 0 spiro atoms. The minimum absolute atomic E-state index is 0.145. The van der Waals surface area contributed by atoms with Crippen molar-refractivity contribution in [1.29, 1.82) is 0 Å². The molecule has 1 atom stereocenters. The summed E-state index contributed by atoms with van der Waals surface area (Å²) in [6, 6.07) is 4.06. The quantitative estimate of drug-likeness (QED) is 0.855. The zero-order valence-corrected chi connectivity index (χ0v) is 12.3. The number of aromatic nitrogens is 2. The van der Waals surface area contributed by atoms with Crippen LogP contribution in [-0.4, -0.2) is 28.4 Å². The summed E-state index contributed by atoms with van der Waals surface area (Å²) in [6.45, 7) is 2.73. The molecule has 1 amide bonds. The molecule has 3 heterocycles. The van der Waals surface area contributed by atoms with Crippen LogP contribution in [0.3, 0.4) is 0 Å². The monoisotopic (exact) mass is 293 g/mol. The average Bonchev–Trinajstić information content (AvgIpc) is 3.09. The summed E-state index contributed by atoms with van der Waals surface area (Å²) in [7, 11) is 0. The highest BCUT2D eigenvalue weighted by molar-refractivity contribution is 7.80. The summed E-state index contributed by atoms with van der Waals surface area (Å²) >= 11 is 5.95. The Kier molecular flexibility index (Phi) is 3.36. The van der Waals surface area contributed by atoms with Crippen molar-refractivity contribution in [2.75, 3.05) is 17.2 Å². The number of H-pyrrole nitrogens is 1. The van der Waals surface area contributed by atoms with Crippen LogP contribution in [0.1, 0.15) is 12.0 Å². The van der Waals surface area contributed by atoms with Crippen LogP contribution in [0.4, 0.5) is 5.82 Å². The fourth-order valence-electron chi connectivity index (χ4n) is 2.42. The second kappa shape index (κ2) is 5.02. The lowest BCUT2D eigenvalue weighted by Gasteiger charge is -2.14. The summed E-state index contributed by atoms with van der Waals surface area (Å²) in [5.41, 5.74) is 2.04. The first-order valence-corrected chi connectivity index (χ1v) is 7.72. The number of nitrogens with one attached hydrogen (secondary N) is 1. The van der Waals surface area contributed by atoms with Gasteiger partial charge in [0.25, 0.3) is 0 Å². The van der Waals surface area contributed by atoms with Crippen molar-refractivity contribution in [2.24, 2.45) is 5.92 Å². The van der Waals surface area contributed by atoms with Gasteiger partial charge >= 0.3 is 0 Å². The van der Waals surface area contributed by atoms with Gasteiger partial charge in [-0.1, -0.05) is 6.07 Å². The number of thiophene rings is 1. The highest BCUT2D eigenvalue weighted by Crippen LogP contribution is 2.33. The predicted molar refractivity (Wildman–Crippen MR) is 81.0 cm³/mol. The molecular weight excluding hydrogens is 278 g/mol. The van der Waals surface area contributed by atoms with Crippen LogP contribution >= 0.6 is 24.0 Å². The standard InChI is InChI=1S/C13H15N3OS2/c1-8-12(10-3-2-4-19-10)14-15-13(8)16-6-9(7-18)5-11(16)17/h2-4,9,18H,5-7H2,1H3,(H,14,15). The van der Waals surface area contributed by atoms with Crippen molar-refractivity contribution in [1.82, 2.24) is 10.2 Å². The van der Waals surface area contributed by atoms with E-state index in [9.17, 15) is 4.79 Å². The Labute approximate surface area is 121 Å². The van der Waals surface area contributed by atoms with Crippen molar-refractivity contribution >= 4 is 35.7 Å². The van der Waals surface area contributed by atoms with Gasteiger partial charge in [-0.2, -0.15) is 17.7 Å². The predicted octanol–water partition coefficient (Wildman–Crippen LogP) is 2.73. The number of carbonyl (C=O) groups is 1. The molecule has 0 radical (unpaired) electrons. The Morgan fingerprint density at radius 3 is 3.11 bits per heavy atom. The largest absolute Gasteiger partial charge is 0.295 e. The fourth-order valence-corrected chi connectivity index (χ4v) is 3.44. The first-order chi connectivity index (χ1) is 9.20. The van der Waals surface area contributed by atoms with Crippen molar-refractivity contribution in [3.63, 3.8) is 0 Å². The lowest BCUT2D eigenvalue weighted by molar-refractivity contribution is -0.117. The molecule has 1 aliphatic heterocycles. The van der Waals surface area contributed by atoms with Crippen LogP contribution in [0.15, 0.2) is 17.5 Å². The first-order valence-electron chi connectivity index (χ1n) is 6.20. The van der Waals surface area contributed by atoms with E-state index < -0.39 is 0 Å². The molecule has 0 aromatic carbocycles. The zero-order valence-electron chi connectivity index (χ0n) is 10.6. The molecule has 1 unspecified atom stereocenters. The van der Waals surface area contributed by atoms with Gasteiger partial charge in [0.15, 0.2) is 5.82 Å². The third-order valence-corrected chi connectivity index (χ3v) is 4.87. The van der Waals surface area contributed by atoms with E-state index in [2.05, 4.69) is 28.9 Å². The summed E-state index contributed by atoms with van der Waals surface area (Å²) in [5, 5.41) is 9.42. The van der Waals surface area contributed by atoms with Gasteiger partial charge in [-0.15, -0.1) is 11.3 Å². The maximum atomic E-state index is 12.0. The number of amides is 1. The van der Waals surface area contributed by atoms with Gasteiger partial charge in [0.2, 0.25) is 5.91 Å². The van der Waals surface area contributed by atoms with Crippen LogP contribution < -0.4 is 4.90 Å². The van der Waals surface area contributed by atoms with Crippen LogP contribution in [0.5, 0.6) is 0 Å². The smallest absolute Gasteiger partial charge is 0.228 e. The minimum Gasteiger partial charge on any atom is -0.295 e. The Bertz CT molecular complexity index is 591. The molecule has 0 aliphatic carbocycles. The molecule has 100 valence electrons. The van der Waals surface area contributed by atoms with Crippen molar-refractivity contribution in [3.05, 3.63) is 23.1 Å². The van der Waals surface area contributed by atoms with Crippen LogP contribution in [-0.2, 0) is 4.79 Å². The van der Waals surface area contributed by atoms with Gasteiger partial charge < -0.3 is 0 Å². The van der Waals surface area contributed by atoms with Gasteiger partial charge in [0.1, 0.15) is 0 Å². The van der Waals surface area contributed by atoms with Crippen molar-refractivity contribution < 1.29 is 4.79 Å². The number of aromatic amines is 1. The highest BCUT2D eigenvalue weighted by atomic mass is 32.1. The molecule has 6 heteroatoms. The molecule has 1 aliphatic rings. The molecule has 4 nitrogen and oxygen atoms in total. The Morgan fingerprint density at radius 2 is 2.47 bits per heavy atom. The number of hydrogen-bond acceptors (Lipinski definition) is 4. The van der Waals surface area contributed by atoms with Gasteiger partial charge in [0.05, 0.1) is 10.6 Å². The van der Waals surface area contributed by atoms with E-state index in [1.54, 1.807) is 16.2 Å². The minimum atomic E-state index is 0.145.